The van der Waals surface area contributed by atoms with Crippen molar-refractivity contribution in [3.05, 3.63) is 29.8 Å². The highest BCUT2D eigenvalue weighted by Crippen LogP contribution is 2.20. The number of carbonyl (C=O) groups is 1. The van der Waals surface area contributed by atoms with Crippen LogP contribution in [-0.4, -0.2) is 18.4 Å². The van der Waals surface area contributed by atoms with Crippen molar-refractivity contribution >= 4 is 5.78 Å². The maximum Gasteiger partial charge on any atom is 0.167 e. The normalized spacial score (nSPS) is 12.8. The lowest BCUT2D eigenvalue weighted by molar-refractivity contribution is 0.0891. The van der Waals surface area contributed by atoms with Crippen molar-refractivity contribution in [3.63, 3.8) is 0 Å². The van der Waals surface area contributed by atoms with Crippen LogP contribution in [0.3, 0.4) is 0 Å². The van der Waals surface area contributed by atoms with Crippen molar-refractivity contribution in [3.8, 4) is 5.75 Å². The Morgan fingerprint density at radius 1 is 1.28 bits per heavy atom. The SMILES string of the molecule is CC(C)Oc1cccc(C(=O)C(CN)C(C)C)c1. The molecule has 0 radical (unpaired) electrons. The van der Waals surface area contributed by atoms with E-state index in [9.17, 15) is 4.79 Å². The third kappa shape index (κ3) is 3.84. The van der Waals surface area contributed by atoms with Crippen LogP contribution in [0.1, 0.15) is 38.1 Å². The third-order valence-corrected chi connectivity index (χ3v) is 2.89. The number of hydrogen-bond acceptors (Lipinski definition) is 3. The lowest BCUT2D eigenvalue weighted by Gasteiger charge is -2.18. The molecule has 0 saturated carbocycles. The molecule has 0 aliphatic carbocycles. The van der Waals surface area contributed by atoms with Crippen LogP contribution in [0.25, 0.3) is 0 Å². The van der Waals surface area contributed by atoms with E-state index in [1.807, 2.05) is 45.9 Å². The first kappa shape index (κ1) is 14.7. The Bertz CT molecular complexity index is 399. The fourth-order valence-corrected chi connectivity index (χ4v) is 1.89. The lowest BCUT2D eigenvalue weighted by Crippen LogP contribution is -2.28. The Labute approximate surface area is 109 Å². The zero-order valence-electron chi connectivity index (χ0n) is 11.6. The van der Waals surface area contributed by atoms with Crippen LogP contribution in [0.4, 0.5) is 0 Å². The van der Waals surface area contributed by atoms with E-state index in [0.29, 0.717) is 12.1 Å². The molecule has 100 valence electrons. The molecule has 0 aromatic heterocycles. The van der Waals surface area contributed by atoms with Crippen LogP contribution >= 0.6 is 0 Å². The summed E-state index contributed by atoms with van der Waals surface area (Å²) in [6, 6.07) is 7.33. The monoisotopic (exact) mass is 249 g/mol. The van der Waals surface area contributed by atoms with E-state index in [1.165, 1.54) is 0 Å². The van der Waals surface area contributed by atoms with E-state index in [2.05, 4.69) is 0 Å². The van der Waals surface area contributed by atoms with Gasteiger partial charge in [0.1, 0.15) is 5.75 Å². The first-order chi connectivity index (χ1) is 8.45. The number of rotatable bonds is 6. The molecule has 2 N–H and O–H groups in total. The number of benzene rings is 1. The quantitative estimate of drug-likeness (QED) is 0.789. The molecule has 1 aromatic carbocycles. The summed E-state index contributed by atoms with van der Waals surface area (Å²) in [6.07, 6.45) is 0.103. The summed E-state index contributed by atoms with van der Waals surface area (Å²) in [5.74, 6) is 0.952. The van der Waals surface area contributed by atoms with E-state index < -0.39 is 0 Å². The van der Waals surface area contributed by atoms with Crippen LogP contribution < -0.4 is 10.5 Å². The molecule has 0 bridgehead atoms. The van der Waals surface area contributed by atoms with Crippen LogP contribution in [-0.2, 0) is 0 Å². The van der Waals surface area contributed by atoms with E-state index in [1.54, 1.807) is 6.07 Å². The highest BCUT2D eigenvalue weighted by molar-refractivity contribution is 5.98. The van der Waals surface area contributed by atoms with Gasteiger partial charge in [-0.25, -0.2) is 0 Å². The van der Waals surface area contributed by atoms with Gasteiger partial charge in [0.05, 0.1) is 6.10 Å². The number of ketones is 1. The molecule has 3 heteroatoms. The molecule has 0 spiro atoms. The van der Waals surface area contributed by atoms with Crippen molar-refractivity contribution < 1.29 is 9.53 Å². The van der Waals surface area contributed by atoms with E-state index >= 15 is 0 Å². The Morgan fingerprint density at radius 3 is 2.44 bits per heavy atom. The van der Waals surface area contributed by atoms with Gasteiger partial charge in [-0.05, 0) is 31.9 Å². The molecule has 0 saturated heterocycles. The van der Waals surface area contributed by atoms with Gasteiger partial charge < -0.3 is 10.5 Å². The first-order valence-corrected chi connectivity index (χ1v) is 6.46. The maximum absolute atomic E-state index is 12.3. The standard InChI is InChI=1S/C15H23NO2/c1-10(2)14(9-16)15(17)12-6-5-7-13(8-12)18-11(3)4/h5-8,10-11,14H,9,16H2,1-4H3. The van der Waals surface area contributed by atoms with Crippen molar-refractivity contribution in [2.24, 2.45) is 17.6 Å². The Balaban J connectivity index is 2.92. The highest BCUT2D eigenvalue weighted by Gasteiger charge is 2.22. The van der Waals surface area contributed by atoms with Gasteiger partial charge in [0.2, 0.25) is 0 Å². The van der Waals surface area contributed by atoms with Gasteiger partial charge in [0.15, 0.2) is 5.78 Å². The first-order valence-electron chi connectivity index (χ1n) is 6.46. The zero-order chi connectivity index (χ0) is 13.7. The number of hydrogen-bond donors (Lipinski definition) is 1. The molecule has 1 rings (SSSR count). The van der Waals surface area contributed by atoms with Gasteiger partial charge in [0.25, 0.3) is 0 Å². The van der Waals surface area contributed by atoms with Gasteiger partial charge in [-0.2, -0.15) is 0 Å². The molecular weight excluding hydrogens is 226 g/mol. The van der Waals surface area contributed by atoms with Crippen molar-refractivity contribution in [1.29, 1.82) is 0 Å². The second kappa shape index (κ2) is 6.55. The Morgan fingerprint density at radius 2 is 1.94 bits per heavy atom. The van der Waals surface area contributed by atoms with Crippen molar-refractivity contribution in [1.82, 2.24) is 0 Å². The summed E-state index contributed by atoms with van der Waals surface area (Å²) in [5.41, 5.74) is 6.36. The van der Waals surface area contributed by atoms with Crippen LogP contribution in [0.5, 0.6) is 5.75 Å². The van der Waals surface area contributed by atoms with Gasteiger partial charge in [-0.15, -0.1) is 0 Å². The highest BCUT2D eigenvalue weighted by atomic mass is 16.5. The minimum absolute atomic E-state index is 0.0988. The number of ether oxygens (including phenoxy) is 1. The average Bonchev–Trinajstić information content (AvgIpc) is 2.28. The Kier molecular flexibility index (Phi) is 5.35. The predicted octanol–water partition coefficient (Wildman–Crippen LogP) is 2.89. The van der Waals surface area contributed by atoms with Gasteiger partial charge in [-0.3, -0.25) is 4.79 Å². The van der Waals surface area contributed by atoms with Gasteiger partial charge >= 0.3 is 0 Å². The smallest absolute Gasteiger partial charge is 0.167 e. The van der Waals surface area contributed by atoms with Gasteiger partial charge in [-0.1, -0.05) is 26.0 Å². The Hall–Kier alpha value is -1.35. The topological polar surface area (TPSA) is 52.3 Å². The average molecular weight is 249 g/mol. The number of Topliss-reactive ketones (excluding diaryl/α,β-unsaturated/α-hetero) is 1. The second-order valence-electron chi connectivity index (χ2n) is 5.14. The predicted molar refractivity (Wildman–Crippen MR) is 73.9 cm³/mol. The molecular formula is C15H23NO2. The minimum atomic E-state index is -0.126. The zero-order valence-corrected chi connectivity index (χ0v) is 11.6. The fraction of sp³-hybridized carbons (Fsp3) is 0.533. The summed E-state index contributed by atoms with van der Waals surface area (Å²) >= 11 is 0. The minimum Gasteiger partial charge on any atom is -0.491 e. The lowest BCUT2D eigenvalue weighted by atomic mass is 9.88. The van der Waals surface area contributed by atoms with E-state index in [-0.39, 0.29) is 23.7 Å². The number of carbonyl (C=O) groups excluding carboxylic acids is 1. The van der Waals surface area contributed by atoms with Crippen molar-refractivity contribution in [2.45, 2.75) is 33.8 Å². The molecule has 0 heterocycles. The molecule has 0 amide bonds. The molecule has 0 aliphatic heterocycles. The summed E-state index contributed by atoms with van der Waals surface area (Å²) < 4.78 is 5.60. The molecule has 18 heavy (non-hydrogen) atoms. The molecule has 3 nitrogen and oxygen atoms in total. The second-order valence-corrected chi connectivity index (χ2v) is 5.14. The molecule has 0 fully saturated rings. The van der Waals surface area contributed by atoms with Crippen LogP contribution in [0.2, 0.25) is 0 Å². The van der Waals surface area contributed by atoms with Crippen LogP contribution in [0, 0.1) is 11.8 Å². The maximum atomic E-state index is 12.3. The summed E-state index contributed by atoms with van der Waals surface area (Å²) in [4.78, 5) is 12.3. The third-order valence-electron chi connectivity index (χ3n) is 2.89. The van der Waals surface area contributed by atoms with E-state index in [0.717, 1.165) is 5.75 Å². The summed E-state index contributed by atoms with van der Waals surface area (Å²) in [6.45, 7) is 8.34. The number of nitrogens with two attached hydrogens (primary N) is 1. The van der Waals surface area contributed by atoms with Gasteiger partial charge in [0, 0.05) is 18.0 Å². The summed E-state index contributed by atoms with van der Waals surface area (Å²) in [7, 11) is 0. The molecule has 1 atom stereocenters. The molecule has 1 unspecified atom stereocenters. The molecule has 1 aromatic rings. The fourth-order valence-electron chi connectivity index (χ4n) is 1.89. The molecule has 0 aliphatic rings. The largest absolute Gasteiger partial charge is 0.491 e. The summed E-state index contributed by atoms with van der Waals surface area (Å²) in [5, 5.41) is 0. The van der Waals surface area contributed by atoms with Crippen LogP contribution in [0.15, 0.2) is 24.3 Å². The van der Waals surface area contributed by atoms with Crippen molar-refractivity contribution in [2.75, 3.05) is 6.54 Å². The van der Waals surface area contributed by atoms with E-state index in [4.69, 9.17) is 10.5 Å².